The van der Waals surface area contributed by atoms with Gasteiger partial charge in [-0.2, -0.15) is 0 Å². The highest BCUT2D eigenvalue weighted by Gasteiger charge is 2.41. The number of likely N-dealkylation sites (tertiary alicyclic amines) is 2. The molecular weight excluding hydrogens is 321 g/mol. The average Bonchev–Trinajstić information content (AvgIpc) is 3.19. The van der Waals surface area contributed by atoms with E-state index in [1.807, 2.05) is 16.8 Å². The van der Waals surface area contributed by atoms with Crippen LogP contribution in [0.5, 0.6) is 0 Å². The fraction of sp³-hybridized carbons (Fsp3) is 0.474. The number of aromatic nitrogens is 1. The molecule has 1 aromatic heterocycles. The van der Waals surface area contributed by atoms with Gasteiger partial charge in [0, 0.05) is 30.9 Å². The summed E-state index contributed by atoms with van der Waals surface area (Å²) in [5.74, 6) is -0.217. The normalized spacial score (nSPS) is 24.3. The molecule has 132 valence electrons. The second-order valence-electron chi connectivity index (χ2n) is 7.09. The maximum atomic E-state index is 13.4. The molecule has 0 saturated carbocycles. The fourth-order valence-electron chi connectivity index (χ4n) is 4.25. The van der Waals surface area contributed by atoms with Crippen LogP contribution in [0.1, 0.15) is 42.6 Å². The van der Waals surface area contributed by atoms with Gasteiger partial charge in [-0.3, -0.25) is 9.59 Å². The van der Waals surface area contributed by atoms with Crippen LogP contribution < -0.4 is 0 Å². The number of aromatic amines is 1. The van der Waals surface area contributed by atoms with Crippen molar-refractivity contribution < 1.29 is 14.0 Å². The Kier molecular flexibility index (Phi) is 3.98. The summed E-state index contributed by atoms with van der Waals surface area (Å²) in [6.07, 6.45) is 4.17. The summed E-state index contributed by atoms with van der Waals surface area (Å²) < 4.78 is 13.4. The Labute approximate surface area is 145 Å². The first kappa shape index (κ1) is 16.1. The lowest BCUT2D eigenvalue weighted by Gasteiger charge is -2.35. The van der Waals surface area contributed by atoms with Crippen LogP contribution in [0.15, 0.2) is 24.3 Å². The third-order valence-electron chi connectivity index (χ3n) is 5.62. The molecule has 0 aliphatic carbocycles. The van der Waals surface area contributed by atoms with Gasteiger partial charge in [0.15, 0.2) is 0 Å². The second-order valence-corrected chi connectivity index (χ2v) is 7.09. The van der Waals surface area contributed by atoms with Crippen molar-refractivity contribution in [2.45, 2.75) is 44.2 Å². The summed E-state index contributed by atoms with van der Waals surface area (Å²) in [5, 5.41) is 0.824. The highest BCUT2D eigenvalue weighted by Crippen LogP contribution is 2.31. The van der Waals surface area contributed by atoms with Crippen LogP contribution in [0.2, 0.25) is 0 Å². The lowest BCUT2D eigenvalue weighted by molar-refractivity contribution is -0.133. The predicted molar refractivity (Wildman–Crippen MR) is 92.7 cm³/mol. The number of hydrogen-bond donors (Lipinski definition) is 1. The molecule has 2 atom stereocenters. The van der Waals surface area contributed by atoms with E-state index in [9.17, 15) is 14.0 Å². The highest BCUT2D eigenvalue weighted by molar-refractivity contribution is 5.98. The maximum absolute atomic E-state index is 13.4. The van der Waals surface area contributed by atoms with Gasteiger partial charge in [-0.15, -0.1) is 0 Å². The van der Waals surface area contributed by atoms with E-state index < -0.39 is 0 Å². The molecule has 3 heterocycles. The number of halogens is 1. The number of likely N-dealkylation sites (N-methyl/N-ethyl adjacent to an activating group) is 1. The van der Waals surface area contributed by atoms with Gasteiger partial charge in [0.25, 0.3) is 5.91 Å². The number of H-pyrrole nitrogens is 1. The molecule has 2 aromatic rings. The molecular formula is C19H22FN3O2. The quantitative estimate of drug-likeness (QED) is 0.865. The lowest BCUT2D eigenvalue weighted by Crippen LogP contribution is -2.48. The smallest absolute Gasteiger partial charge is 0.270 e. The van der Waals surface area contributed by atoms with Crippen LogP contribution in [0, 0.1) is 5.82 Å². The molecule has 0 unspecified atom stereocenters. The van der Waals surface area contributed by atoms with E-state index in [1.165, 1.54) is 12.1 Å². The summed E-state index contributed by atoms with van der Waals surface area (Å²) in [5.41, 5.74) is 1.11. The SMILES string of the molecule is CN1C(=O)CCCC[C@@H]2[C@@H]1CCN2C(=O)c1cc2ccc(F)cc2[nH]1. The van der Waals surface area contributed by atoms with E-state index in [4.69, 9.17) is 0 Å². The largest absolute Gasteiger partial charge is 0.350 e. The first-order valence-electron chi connectivity index (χ1n) is 8.89. The molecule has 4 rings (SSSR count). The van der Waals surface area contributed by atoms with Gasteiger partial charge in [0.05, 0.1) is 12.1 Å². The van der Waals surface area contributed by atoms with E-state index in [2.05, 4.69) is 4.98 Å². The molecule has 0 spiro atoms. The van der Waals surface area contributed by atoms with Crippen LogP contribution in [-0.2, 0) is 4.79 Å². The minimum absolute atomic E-state index is 0.0601. The zero-order chi connectivity index (χ0) is 17.6. The Bertz CT molecular complexity index is 831. The highest BCUT2D eigenvalue weighted by atomic mass is 19.1. The first-order chi connectivity index (χ1) is 12.0. The lowest BCUT2D eigenvalue weighted by atomic mass is 9.97. The van der Waals surface area contributed by atoms with E-state index >= 15 is 0 Å². The molecule has 6 heteroatoms. The standard InChI is InChI=1S/C19H22FN3O2/c1-22-16-8-9-23(17(16)4-2-3-5-18(22)24)19(25)15-10-12-6-7-13(20)11-14(12)21-15/h6-7,10-11,16-17,21H,2-5,8-9H2,1H3/t16-,17+/m0/s1. The average molecular weight is 343 g/mol. The molecule has 2 fully saturated rings. The van der Waals surface area contributed by atoms with Crippen molar-refractivity contribution in [3.8, 4) is 0 Å². The summed E-state index contributed by atoms with van der Waals surface area (Å²) >= 11 is 0. The molecule has 2 saturated heterocycles. The third-order valence-corrected chi connectivity index (χ3v) is 5.62. The molecule has 1 aromatic carbocycles. The number of hydrogen-bond acceptors (Lipinski definition) is 2. The van der Waals surface area contributed by atoms with Gasteiger partial charge in [-0.25, -0.2) is 4.39 Å². The van der Waals surface area contributed by atoms with E-state index in [-0.39, 0.29) is 29.7 Å². The van der Waals surface area contributed by atoms with Crippen molar-refractivity contribution in [1.29, 1.82) is 0 Å². The van der Waals surface area contributed by atoms with Crippen LogP contribution >= 0.6 is 0 Å². The van der Waals surface area contributed by atoms with Crippen LogP contribution in [0.25, 0.3) is 10.9 Å². The van der Waals surface area contributed by atoms with Crippen molar-refractivity contribution in [1.82, 2.24) is 14.8 Å². The predicted octanol–water partition coefficient (Wildman–Crippen LogP) is 2.92. The van der Waals surface area contributed by atoms with Crippen molar-refractivity contribution in [3.63, 3.8) is 0 Å². The van der Waals surface area contributed by atoms with Gasteiger partial charge in [-0.05, 0) is 43.5 Å². The minimum atomic E-state index is -0.324. The Morgan fingerprint density at radius 1 is 1.20 bits per heavy atom. The summed E-state index contributed by atoms with van der Waals surface area (Å²) in [6, 6.07) is 6.41. The molecule has 0 bridgehead atoms. The number of amides is 2. The Hall–Kier alpha value is -2.37. The number of nitrogens with zero attached hydrogens (tertiary/aromatic N) is 2. The number of benzene rings is 1. The van der Waals surface area contributed by atoms with E-state index in [0.717, 1.165) is 31.1 Å². The van der Waals surface area contributed by atoms with Crippen LogP contribution in [0.3, 0.4) is 0 Å². The van der Waals surface area contributed by atoms with Gasteiger partial charge < -0.3 is 14.8 Å². The maximum Gasteiger partial charge on any atom is 0.270 e. The summed E-state index contributed by atoms with van der Waals surface area (Å²) in [4.78, 5) is 32.0. The summed E-state index contributed by atoms with van der Waals surface area (Å²) in [7, 11) is 1.85. The summed E-state index contributed by atoms with van der Waals surface area (Å²) in [6.45, 7) is 0.648. The molecule has 25 heavy (non-hydrogen) atoms. The molecule has 2 aliphatic heterocycles. The molecule has 5 nitrogen and oxygen atoms in total. The van der Waals surface area contributed by atoms with Crippen molar-refractivity contribution in [2.24, 2.45) is 0 Å². The third kappa shape index (κ3) is 2.79. The zero-order valence-corrected chi connectivity index (χ0v) is 14.3. The van der Waals surface area contributed by atoms with Gasteiger partial charge in [0.2, 0.25) is 5.91 Å². The molecule has 1 N–H and O–H groups in total. The Balaban J connectivity index is 1.61. The fourth-order valence-corrected chi connectivity index (χ4v) is 4.25. The van der Waals surface area contributed by atoms with Crippen LogP contribution in [0.4, 0.5) is 4.39 Å². The number of rotatable bonds is 1. The Morgan fingerprint density at radius 2 is 2.04 bits per heavy atom. The first-order valence-corrected chi connectivity index (χ1v) is 8.89. The van der Waals surface area contributed by atoms with Gasteiger partial charge in [-0.1, -0.05) is 6.42 Å². The molecule has 0 radical (unpaired) electrons. The number of nitrogens with one attached hydrogen (secondary N) is 1. The minimum Gasteiger partial charge on any atom is -0.350 e. The number of carbonyl (C=O) groups is 2. The monoisotopic (exact) mass is 343 g/mol. The molecule has 2 amide bonds. The number of carbonyl (C=O) groups excluding carboxylic acids is 2. The Morgan fingerprint density at radius 3 is 2.88 bits per heavy atom. The topological polar surface area (TPSA) is 56.4 Å². The second kappa shape index (κ2) is 6.17. The zero-order valence-electron chi connectivity index (χ0n) is 14.3. The number of fused-ring (bicyclic) bond motifs is 2. The van der Waals surface area contributed by atoms with Crippen molar-refractivity contribution >= 4 is 22.7 Å². The van der Waals surface area contributed by atoms with Crippen molar-refractivity contribution in [2.75, 3.05) is 13.6 Å². The van der Waals surface area contributed by atoms with Gasteiger partial charge >= 0.3 is 0 Å². The van der Waals surface area contributed by atoms with E-state index in [0.29, 0.717) is 24.2 Å². The van der Waals surface area contributed by atoms with Crippen molar-refractivity contribution in [3.05, 3.63) is 35.8 Å². The van der Waals surface area contributed by atoms with Crippen LogP contribution in [-0.4, -0.2) is 52.3 Å². The molecule has 2 aliphatic rings. The van der Waals surface area contributed by atoms with Gasteiger partial charge in [0.1, 0.15) is 11.5 Å². The van der Waals surface area contributed by atoms with E-state index in [1.54, 1.807) is 12.1 Å².